The van der Waals surface area contributed by atoms with Crippen LogP contribution in [0.4, 0.5) is 5.82 Å². The zero-order valence-electron chi connectivity index (χ0n) is 17.3. The molecule has 10 heteroatoms. The lowest BCUT2D eigenvalue weighted by molar-refractivity contribution is -0.391. The van der Waals surface area contributed by atoms with Gasteiger partial charge in [-0.1, -0.05) is 19.8 Å². The summed E-state index contributed by atoms with van der Waals surface area (Å²) < 4.78 is 11.6. The Labute approximate surface area is 168 Å². The van der Waals surface area contributed by atoms with Crippen molar-refractivity contribution in [1.29, 1.82) is 0 Å². The van der Waals surface area contributed by atoms with Gasteiger partial charge in [0.25, 0.3) is 0 Å². The van der Waals surface area contributed by atoms with E-state index in [0.29, 0.717) is 11.4 Å². The van der Waals surface area contributed by atoms with Gasteiger partial charge in [-0.2, -0.15) is 0 Å². The van der Waals surface area contributed by atoms with Crippen LogP contribution in [-0.4, -0.2) is 40.1 Å². The Bertz CT molecular complexity index is 883. The van der Waals surface area contributed by atoms with E-state index in [4.69, 9.17) is 9.47 Å². The number of hydrogen-bond acceptors (Lipinski definition) is 8. The predicted molar refractivity (Wildman–Crippen MR) is 104 cm³/mol. The molecule has 1 aromatic rings. The van der Waals surface area contributed by atoms with Gasteiger partial charge in [-0.15, -0.1) is 0 Å². The van der Waals surface area contributed by atoms with E-state index in [9.17, 15) is 19.7 Å². The first-order chi connectivity index (χ1) is 13.7. The van der Waals surface area contributed by atoms with Crippen molar-refractivity contribution < 1.29 is 24.0 Å². The van der Waals surface area contributed by atoms with Crippen LogP contribution in [0.15, 0.2) is 28.7 Å². The largest absolute Gasteiger partial charge is 0.466 e. The Balaban J connectivity index is 2.55. The van der Waals surface area contributed by atoms with Crippen molar-refractivity contribution in [2.45, 2.75) is 46.0 Å². The van der Waals surface area contributed by atoms with E-state index in [-0.39, 0.29) is 29.4 Å². The first-order valence-electron chi connectivity index (χ1n) is 9.34. The first kappa shape index (κ1) is 22.1. The number of unbranched alkanes of at least 4 members (excludes halogenated alkanes) is 2. The Morgan fingerprint density at radius 3 is 2.38 bits per heavy atom. The maximum atomic E-state index is 12.9. The summed E-state index contributed by atoms with van der Waals surface area (Å²) in [5.41, 5.74) is 1.30. The summed E-state index contributed by atoms with van der Waals surface area (Å²) >= 11 is 0. The third-order valence-electron chi connectivity index (χ3n) is 4.81. The topological polar surface area (TPSA) is 126 Å². The molecule has 0 spiro atoms. The van der Waals surface area contributed by atoms with Gasteiger partial charge in [0.1, 0.15) is 12.1 Å². The number of imidazole rings is 1. The normalized spacial score (nSPS) is 16.5. The third-order valence-corrected chi connectivity index (χ3v) is 4.81. The molecule has 0 aliphatic carbocycles. The second kappa shape index (κ2) is 9.35. The molecule has 0 aromatic carbocycles. The van der Waals surface area contributed by atoms with E-state index in [1.807, 2.05) is 6.92 Å². The van der Waals surface area contributed by atoms with Crippen LogP contribution in [0.3, 0.4) is 0 Å². The molecule has 1 aliphatic rings. The molecule has 1 unspecified atom stereocenters. The first-order valence-corrected chi connectivity index (χ1v) is 9.34. The van der Waals surface area contributed by atoms with Gasteiger partial charge in [-0.25, -0.2) is 19.1 Å². The molecule has 1 atom stereocenters. The molecule has 158 valence electrons. The summed E-state index contributed by atoms with van der Waals surface area (Å²) in [6, 6.07) is 0. The van der Waals surface area contributed by atoms with Crippen LogP contribution in [0, 0.1) is 10.1 Å². The fraction of sp³-hybridized carbons (Fsp3) is 0.526. The maximum absolute atomic E-state index is 12.9. The molecule has 0 amide bonds. The quantitative estimate of drug-likeness (QED) is 0.302. The zero-order chi connectivity index (χ0) is 21.7. The zero-order valence-corrected chi connectivity index (χ0v) is 17.3. The van der Waals surface area contributed by atoms with Gasteiger partial charge in [-0.3, -0.25) is 0 Å². The molecule has 1 N–H and O–H groups in total. The van der Waals surface area contributed by atoms with Crippen LogP contribution in [0.2, 0.25) is 0 Å². The minimum Gasteiger partial charge on any atom is -0.466 e. The van der Waals surface area contributed by atoms with Crippen molar-refractivity contribution in [2.75, 3.05) is 13.7 Å². The number of dihydropyridines is 1. The number of hydrogen-bond donors (Lipinski definition) is 1. The molecule has 0 fully saturated rings. The highest BCUT2D eigenvalue weighted by Crippen LogP contribution is 2.39. The average Bonchev–Trinajstić information content (AvgIpc) is 3.05. The Kier molecular flexibility index (Phi) is 7.13. The number of carbonyl (C=O) groups is 2. The maximum Gasteiger partial charge on any atom is 0.342 e. The van der Waals surface area contributed by atoms with E-state index < -0.39 is 22.8 Å². The number of nitrogens with one attached hydrogen (secondary N) is 1. The molecule has 1 aliphatic heterocycles. The van der Waals surface area contributed by atoms with Crippen LogP contribution in [-0.2, 0) is 26.1 Å². The Hall–Kier alpha value is -3.17. The number of nitro groups is 1. The highest BCUT2D eigenvalue weighted by Gasteiger charge is 2.42. The third kappa shape index (κ3) is 4.47. The van der Waals surface area contributed by atoms with Crippen LogP contribution < -0.4 is 5.32 Å². The lowest BCUT2D eigenvalue weighted by atomic mass is 9.84. The molecule has 29 heavy (non-hydrogen) atoms. The van der Waals surface area contributed by atoms with Crippen LogP contribution in [0.1, 0.15) is 51.8 Å². The van der Waals surface area contributed by atoms with Gasteiger partial charge >= 0.3 is 17.8 Å². The lowest BCUT2D eigenvalue weighted by Gasteiger charge is -2.28. The Morgan fingerprint density at radius 1 is 1.24 bits per heavy atom. The second-order valence-electron chi connectivity index (χ2n) is 6.76. The molecule has 0 bridgehead atoms. The predicted octanol–water partition coefficient (Wildman–Crippen LogP) is 2.47. The molecule has 0 saturated heterocycles. The molecule has 0 saturated carbocycles. The molecule has 1 aromatic heterocycles. The molecule has 2 rings (SSSR count). The summed E-state index contributed by atoms with van der Waals surface area (Å²) in [6.45, 7) is 5.64. The van der Waals surface area contributed by atoms with Gasteiger partial charge in [0.15, 0.2) is 0 Å². The smallest absolute Gasteiger partial charge is 0.342 e. The summed E-state index contributed by atoms with van der Waals surface area (Å²) in [7, 11) is 2.70. The van der Waals surface area contributed by atoms with Crippen LogP contribution >= 0.6 is 0 Å². The number of methoxy groups -OCH3 is 1. The van der Waals surface area contributed by atoms with E-state index >= 15 is 0 Å². The fourth-order valence-corrected chi connectivity index (χ4v) is 3.35. The van der Waals surface area contributed by atoms with Crippen molar-refractivity contribution >= 4 is 17.8 Å². The van der Waals surface area contributed by atoms with Gasteiger partial charge in [0, 0.05) is 11.4 Å². The van der Waals surface area contributed by atoms with Gasteiger partial charge < -0.3 is 24.9 Å². The van der Waals surface area contributed by atoms with E-state index in [2.05, 4.69) is 10.3 Å². The minimum atomic E-state index is -0.957. The number of nitrogens with zero attached hydrogens (tertiary/aromatic N) is 3. The average molecular weight is 406 g/mol. The molecule has 0 radical (unpaired) electrons. The van der Waals surface area contributed by atoms with Gasteiger partial charge in [0.05, 0.1) is 31.9 Å². The number of esters is 2. The highest BCUT2D eigenvalue weighted by atomic mass is 16.6. The summed E-state index contributed by atoms with van der Waals surface area (Å²) in [4.78, 5) is 40.3. The van der Waals surface area contributed by atoms with Gasteiger partial charge in [-0.05, 0) is 25.2 Å². The monoisotopic (exact) mass is 406 g/mol. The number of allylic oxidation sites excluding steroid dienone is 2. The van der Waals surface area contributed by atoms with Crippen molar-refractivity contribution in [1.82, 2.24) is 14.9 Å². The summed E-state index contributed by atoms with van der Waals surface area (Å²) in [6.07, 6.45) is 3.72. The second-order valence-corrected chi connectivity index (χ2v) is 6.76. The van der Waals surface area contributed by atoms with E-state index in [1.165, 1.54) is 18.7 Å². The van der Waals surface area contributed by atoms with E-state index in [0.717, 1.165) is 25.5 Å². The van der Waals surface area contributed by atoms with Crippen molar-refractivity contribution in [3.63, 3.8) is 0 Å². The molecular formula is C19H26N4O6. The summed E-state index contributed by atoms with van der Waals surface area (Å²) in [5, 5.41) is 14.3. The van der Waals surface area contributed by atoms with Crippen molar-refractivity contribution in [3.05, 3.63) is 44.7 Å². The molecule has 10 nitrogen and oxygen atoms in total. The van der Waals surface area contributed by atoms with Crippen LogP contribution in [0.25, 0.3) is 0 Å². The standard InChI is InChI=1S/C19H26N4O6/c1-6-7-8-9-29-19(25)15-12(3)21-11(2)14(18(24)28-5)16(15)17-20-10-13(22(17)4)23(26)27/h10,16,21H,6-9H2,1-5H3. The van der Waals surface area contributed by atoms with Crippen molar-refractivity contribution in [3.8, 4) is 0 Å². The number of rotatable bonds is 8. The van der Waals surface area contributed by atoms with E-state index in [1.54, 1.807) is 13.8 Å². The number of aromatic nitrogens is 2. The number of ether oxygens (including phenoxy) is 2. The number of carbonyl (C=O) groups excluding carboxylic acids is 2. The lowest BCUT2D eigenvalue weighted by Crippen LogP contribution is -2.33. The van der Waals surface area contributed by atoms with Crippen molar-refractivity contribution in [2.24, 2.45) is 7.05 Å². The summed E-state index contributed by atoms with van der Waals surface area (Å²) in [5.74, 6) is -2.29. The highest BCUT2D eigenvalue weighted by molar-refractivity contribution is 5.99. The fourth-order valence-electron chi connectivity index (χ4n) is 3.35. The van der Waals surface area contributed by atoms with Gasteiger partial charge in [0.2, 0.25) is 5.82 Å². The SMILES string of the molecule is CCCCCOC(=O)C1=C(C)NC(C)=C(C(=O)OC)C1c1ncc([N+](=O)[O-])n1C. The van der Waals surface area contributed by atoms with Crippen LogP contribution in [0.5, 0.6) is 0 Å². The minimum absolute atomic E-state index is 0.155. The molecule has 2 heterocycles. The molecular weight excluding hydrogens is 380 g/mol. The Morgan fingerprint density at radius 2 is 1.86 bits per heavy atom.